The Morgan fingerprint density at radius 2 is 0.803 bits per heavy atom. The van der Waals surface area contributed by atoms with Gasteiger partial charge in [-0.25, -0.2) is 0 Å². The van der Waals surface area contributed by atoms with Gasteiger partial charge in [0.15, 0.2) is 0 Å². The summed E-state index contributed by atoms with van der Waals surface area (Å²) < 4.78 is 177. The second-order valence-corrected chi connectivity index (χ2v) is 14.2. The van der Waals surface area contributed by atoms with Gasteiger partial charge < -0.3 is 4.90 Å². The Bertz CT molecular complexity index is 4380. The first-order valence-corrected chi connectivity index (χ1v) is 19.5. The Kier molecular flexibility index (Phi) is 5.46. The minimum absolute atomic E-state index is 0.164. The lowest BCUT2D eigenvalue weighted by atomic mass is 9.89. The molecule has 0 fully saturated rings. The third kappa shape index (κ3) is 7.03. The van der Waals surface area contributed by atoms with Crippen LogP contribution in [0.1, 0.15) is 26.0 Å². The minimum atomic E-state index is -1.03. The zero-order chi connectivity index (χ0) is 57.1. The van der Waals surface area contributed by atoms with Crippen LogP contribution in [0, 0.1) is 0 Å². The van der Waals surface area contributed by atoms with Crippen molar-refractivity contribution in [2.24, 2.45) is 0 Å². The van der Waals surface area contributed by atoms with Gasteiger partial charge >= 0.3 is 0 Å². The predicted molar refractivity (Wildman–Crippen MR) is 261 cm³/mol. The molecule has 0 aliphatic carbocycles. The van der Waals surface area contributed by atoms with Crippen molar-refractivity contribution < 1.29 is 26.0 Å². The highest BCUT2D eigenvalue weighted by Gasteiger charge is 2.16. The van der Waals surface area contributed by atoms with Gasteiger partial charge in [0, 0.05) is 17.1 Å². The van der Waals surface area contributed by atoms with E-state index < -0.39 is 154 Å². The van der Waals surface area contributed by atoms with Crippen molar-refractivity contribution >= 4 is 49.4 Å². The molecule has 0 saturated heterocycles. The average molecular weight is 795 g/mol. The van der Waals surface area contributed by atoms with Crippen molar-refractivity contribution in [1.82, 2.24) is 0 Å². The smallest absolute Gasteiger partial charge is 0.0645 e. The maximum absolute atomic E-state index is 9.85. The Balaban J connectivity index is 1.19. The van der Waals surface area contributed by atoms with Gasteiger partial charge in [-0.2, -0.15) is 0 Å². The van der Waals surface area contributed by atoms with E-state index in [1.807, 2.05) is 72.8 Å². The van der Waals surface area contributed by atoms with Crippen LogP contribution in [0.3, 0.4) is 0 Å². The molecule has 11 aromatic carbocycles. The Morgan fingerprint density at radius 1 is 0.295 bits per heavy atom. The topological polar surface area (TPSA) is 3.24 Å². The van der Waals surface area contributed by atoms with Crippen molar-refractivity contribution in [3.8, 4) is 55.6 Å². The number of hydrogen-bond donors (Lipinski definition) is 0. The van der Waals surface area contributed by atoms with Crippen LogP contribution in [-0.4, -0.2) is 0 Å². The van der Waals surface area contributed by atoms with Gasteiger partial charge in [-0.3, -0.25) is 0 Å². The minimum Gasteiger partial charge on any atom is -0.311 e. The molecule has 286 valence electrons. The normalized spacial score (nSPS) is 15.6. The van der Waals surface area contributed by atoms with E-state index in [2.05, 4.69) is 0 Å². The number of benzene rings is 11. The van der Waals surface area contributed by atoms with Crippen molar-refractivity contribution in [2.45, 2.75) is 0 Å². The van der Waals surface area contributed by atoms with Crippen molar-refractivity contribution in [3.63, 3.8) is 0 Å². The van der Waals surface area contributed by atoms with Crippen LogP contribution in [-0.2, 0) is 0 Å². The highest BCUT2D eigenvalue weighted by atomic mass is 15.1. The van der Waals surface area contributed by atoms with E-state index in [0.717, 1.165) is 21.9 Å². The maximum Gasteiger partial charge on any atom is 0.0645 e. The van der Waals surface area contributed by atoms with E-state index in [1.54, 1.807) is 60.7 Å². The summed E-state index contributed by atoms with van der Waals surface area (Å²) in [6, 6.07) is 25.1. The quantitative estimate of drug-likeness (QED) is 0.148. The average Bonchev–Trinajstić information content (AvgIpc) is 3.66. The van der Waals surface area contributed by atoms with Gasteiger partial charge in [-0.1, -0.05) is 200 Å². The molecule has 61 heavy (non-hydrogen) atoms. The molecule has 1 nitrogen and oxygen atoms in total. The van der Waals surface area contributed by atoms with E-state index >= 15 is 0 Å². The van der Waals surface area contributed by atoms with E-state index in [-0.39, 0.29) is 16.7 Å². The molecule has 0 amide bonds. The molecule has 0 aromatic heterocycles. The van der Waals surface area contributed by atoms with E-state index in [0.29, 0.717) is 32.4 Å². The number of anilines is 3. The second-order valence-electron chi connectivity index (χ2n) is 14.2. The molecular weight excluding hydrogens is 735 g/mol. The summed E-state index contributed by atoms with van der Waals surface area (Å²) in [4.78, 5) is 0.666. The molecule has 0 N–H and O–H groups in total. The number of hydrogen-bond acceptors (Lipinski definition) is 1. The lowest BCUT2D eigenvalue weighted by Gasteiger charge is -2.26. The standard InChI is InChI=1S/C60H41N/c1-2-12-48(13-3-1)59-39-32-49-14-8-9-17-58(49)60(59)50-30-37-57(38-31-50)61(56-35-28-47(29-36-56)54-25-23-43-11-5-7-16-52(43)41-54)55-33-26-45(27-34-55)44-18-20-46(21-19-44)53-24-22-42-10-4-6-15-51(42)40-53/h1-41H/i5D,7D,11D,16D,23D,25D,26D,27D,28D,29D,30D,31D,33D,34D,35D,36D,37D,38D,41D. The fourth-order valence-electron chi connectivity index (χ4n) is 7.49. The number of nitrogens with zero attached hydrogens (tertiary/aromatic N) is 1. The zero-order valence-corrected chi connectivity index (χ0v) is 32.1. The largest absolute Gasteiger partial charge is 0.311 e. The molecule has 11 aromatic rings. The molecule has 0 heterocycles. The van der Waals surface area contributed by atoms with Gasteiger partial charge in [0.05, 0.1) is 26.0 Å². The van der Waals surface area contributed by atoms with Gasteiger partial charge in [-0.15, -0.1) is 0 Å². The molecule has 0 aliphatic heterocycles. The Labute approximate surface area is 383 Å². The molecule has 0 saturated carbocycles. The monoisotopic (exact) mass is 794 g/mol. The lowest BCUT2D eigenvalue weighted by Crippen LogP contribution is -2.09. The van der Waals surface area contributed by atoms with Crippen LogP contribution < -0.4 is 4.90 Å². The number of fused-ring (bicyclic) bond motifs is 3. The van der Waals surface area contributed by atoms with E-state index in [9.17, 15) is 17.8 Å². The van der Waals surface area contributed by atoms with Crippen LogP contribution in [0.15, 0.2) is 248 Å². The van der Waals surface area contributed by atoms with Crippen LogP contribution in [0.5, 0.6) is 0 Å². The van der Waals surface area contributed by atoms with Crippen molar-refractivity contribution in [3.05, 3.63) is 248 Å². The first-order valence-electron chi connectivity index (χ1n) is 29.0. The van der Waals surface area contributed by atoms with Gasteiger partial charge in [0.2, 0.25) is 0 Å². The zero-order valence-electron chi connectivity index (χ0n) is 51.1. The second kappa shape index (κ2) is 15.6. The summed E-state index contributed by atoms with van der Waals surface area (Å²) in [6.45, 7) is 0. The fourth-order valence-corrected chi connectivity index (χ4v) is 7.49. The summed E-state index contributed by atoms with van der Waals surface area (Å²) in [5.74, 6) is 0. The Morgan fingerprint density at radius 3 is 1.49 bits per heavy atom. The van der Waals surface area contributed by atoms with Crippen molar-refractivity contribution in [2.75, 3.05) is 4.90 Å². The molecule has 0 aliphatic rings. The molecule has 11 rings (SSSR count). The van der Waals surface area contributed by atoms with Crippen LogP contribution in [0.25, 0.3) is 88.0 Å². The maximum atomic E-state index is 9.85. The first kappa shape index (κ1) is 21.3. The summed E-state index contributed by atoms with van der Waals surface area (Å²) in [6.07, 6.45) is 0. The lowest BCUT2D eigenvalue weighted by molar-refractivity contribution is 1.28. The van der Waals surface area contributed by atoms with Gasteiger partial charge in [0.1, 0.15) is 0 Å². The summed E-state index contributed by atoms with van der Waals surface area (Å²) in [5.41, 5.74) is -0.703. The third-order valence-electron chi connectivity index (χ3n) is 10.5. The molecule has 1 heteroatoms. The first-order chi connectivity index (χ1) is 38.2. The highest BCUT2D eigenvalue weighted by Crippen LogP contribution is 2.42. The molecule has 0 spiro atoms. The summed E-state index contributed by atoms with van der Waals surface area (Å²) in [5, 5.41) is 2.31. The SMILES string of the molecule is [2H]c1c([2H])c(N(c2c([2H])c([2H])c(-c3c([2H])c([2H])c4c([2H])c([2H])c([2H])c([2H])c4c3[2H])c([2H])c2[2H])c2c([2H])c([2H])c(-c3c(-c4ccccc4)ccc4ccccc34)c([2H])c2[2H])c([2H])c([2H])c1-c1ccc(-c2ccc3ccccc3c2)cc1. The predicted octanol–water partition coefficient (Wildman–Crippen LogP) is 17.0. The molecule has 0 radical (unpaired) electrons. The highest BCUT2D eigenvalue weighted by molar-refractivity contribution is 6.04. The van der Waals surface area contributed by atoms with Crippen LogP contribution in [0.4, 0.5) is 17.1 Å². The van der Waals surface area contributed by atoms with Crippen LogP contribution in [0.2, 0.25) is 0 Å². The fraction of sp³-hybridized carbons (Fsp3) is 0. The van der Waals surface area contributed by atoms with E-state index in [4.69, 9.17) is 8.22 Å². The molecule has 0 unspecified atom stereocenters. The van der Waals surface area contributed by atoms with Crippen molar-refractivity contribution in [1.29, 1.82) is 0 Å². The summed E-state index contributed by atoms with van der Waals surface area (Å²) in [7, 11) is 0. The third-order valence-corrected chi connectivity index (χ3v) is 10.5. The molecule has 0 atom stereocenters. The number of rotatable bonds is 8. The van der Waals surface area contributed by atoms with E-state index in [1.165, 1.54) is 0 Å². The summed E-state index contributed by atoms with van der Waals surface area (Å²) >= 11 is 0. The van der Waals surface area contributed by atoms with Gasteiger partial charge in [-0.05, 0) is 136 Å². The Hall–Kier alpha value is -8.00. The van der Waals surface area contributed by atoms with Gasteiger partial charge in [0.25, 0.3) is 0 Å². The molecular formula is C60H41N. The van der Waals surface area contributed by atoms with Crippen LogP contribution >= 0.6 is 0 Å². The molecule has 0 bridgehead atoms.